The van der Waals surface area contributed by atoms with Crippen molar-refractivity contribution in [1.29, 1.82) is 0 Å². The number of aromatic carboxylic acids is 1. The monoisotopic (exact) mass is 292 g/mol. The fraction of sp³-hybridized carbons (Fsp3) is 0. The number of nitrogens with zero attached hydrogens (tertiary/aromatic N) is 3. The molecule has 0 fully saturated rings. The molecule has 11 heteroatoms. The molecule has 0 aliphatic carbocycles. The van der Waals surface area contributed by atoms with Crippen LogP contribution in [0.3, 0.4) is 0 Å². The van der Waals surface area contributed by atoms with Crippen LogP contribution in [0.2, 0.25) is 0 Å². The second-order valence-electron chi connectivity index (χ2n) is 2.64. The topological polar surface area (TPSA) is 122 Å². The quantitative estimate of drug-likeness (QED) is 0.840. The van der Waals surface area contributed by atoms with Gasteiger partial charge in [0.05, 0.1) is 5.51 Å². The predicted molar refractivity (Wildman–Crippen MR) is 59.8 cm³/mol. The second kappa shape index (κ2) is 4.35. The number of carboxylic acids is 1. The summed E-state index contributed by atoms with van der Waals surface area (Å²) in [5, 5.41) is 15.8. The molecule has 90 valence electrons. The summed E-state index contributed by atoms with van der Waals surface area (Å²) in [4.78, 5) is 14.2. The van der Waals surface area contributed by atoms with Crippen LogP contribution >= 0.6 is 22.7 Å². The second-order valence-corrected chi connectivity index (χ2v) is 6.21. The highest BCUT2D eigenvalue weighted by Crippen LogP contribution is 2.23. The molecule has 0 saturated carbocycles. The van der Waals surface area contributed by atoms with E-state index in [4.69, 9.17) is 5.11 Å². The first-order valence-corrected chi connectivity index (χ1v) is 7.21. The van der Waals surface area contributed by atoms with Crippen LogP contribution < -0.4 is 4.72 Å². The molecule has 2 aromatic heterocycles. The zero-order chi connectivity index (χ0) is 12.5. The molecule has 0 atom stereocenters. The lowest BCUT2D eigenvalue weighted by molar-refractivity contribution is 0.0687. The van der Waals surface area contributed by atoms with E-state index in [1.54, 1.807) is 0 Å². The molecular formula is C6H4N4O4S3. The number of aromatic nitrogens is 3. The fourth-order valence-corrected chi connectivity index (χ4v) is 3.78. The van der Waals surface area contributed by atoms with Gasteiger partial charge in [-0.2, -0.15) is 0 Å². The smallest absolute Gasteiger partial charge is 0.356 e. The van der Waals surface area contributed by atoms with Gasteiger partial charge < -0.3 is 5.11 Å². The van der Waals surface area contributed by atoms with Gasteiger partial charge in [0.25, 0.3) is 10.0 Å². The van der Waals surface area contributed by atoms with Crippen molar-refractivity contribution in [3.63, 3.8) is 0 Å². The molecule has 2 N–H and O–H groups in total. The van der Waals surface area contributed by atoms with Crippen molar-refractivity contribution in [2.75, 3.05) is 4.72 Å². The molecule has 0 unspecified atom stereocenters. The third kappa shape index (κ3) is 2.40. The Morgan fingerprint density at radius 2 is 2.12 bits per heavy atom. The lowest BCUT2D eigenvalue weighted by Crippen LogP contribution is -2.15. The summed E-state index contributed by atoms with van der Waals surface area (Å²) in [6.07, 6.45) is 0. The number of hydrogen-bond donors (Lipinski definition) is 2. The van der Waals surface area contributed by atoms with Gasteiger partial charge in [-0.15, -0.1) is 21.5 Å². The average molecular weight is 292 g/mol. The zero-order valence-electron chi connectivity index (χ0n) is 7.89. The van der Waals surface area contributed by atoms with Crippen LogP contribution in [0.5, 0.6) is 0 Å². The first-order valence-electron chi connectivity index (χ1n) is 3.96. The van der Waals surface area contributed by atoms with E-state index >= 15 is 0 Å². The lowest BCUT2D eigenvalue weighted by Gasteiger charge is -2.01. The van der Waals surface area contributed by atoms with E-state index in [0.29, 0.717) is 0 Å². The molecule has 0 aromatic carbocycles. The van der Waals surface area contributed by atoms with Gasteiger partial charge in [-0.1, -0.05) is 11.3 Å². The fourth-order valence-electron chi connectivity index (χ4n) is 0.947. The first-order chi connectivity index (χ1) is 8.00. The third-order valence-electron chi connectivity index (χ3n) is 1.56. The van der Waals surface area contributed by atoms with Crippen LogP contribution in [-0.4, -0.2) is 34.7 Å². The molecule has 0 saturated heterocycles. The number of carboxylic acid groups (broad SMARTS) is 1. The van der Waals surface area contributed by atoms with Gasteiger partial charge in [-0.05, 0) is 0 Å². The highest BCUT2D eigenvalue weighted by atomic mass is 32.2. The van der Waals surface area contributed by atoms with E-state index < -0.39 is 21.7 Å². The third-order valence-corrected chi connectivity index (χ3v) is 5.01. The Balaban J connectivity index is 2.38. The van der Waals surface area contributed by atoms with Gasteiger partial charge in [0.15, 0.2) is 9.90 Å². The highest BCUT2D eigenvalue weighted by molar-refractivity contribution is 7.94. The summed E-state index contributed by atoms with van der Waals surface area (Å²) in [7, 11) is -3.98. The van der Waals surface area contributed by atoms with E-state index in [-0.39, 0.29) is 9.34 Å². The van der Waals surface area contributed by atoms with Crippen molar-refractivity contribution in [1.82, 2.24) is 15.2 Å². The van der Waals surface area contributed by atoms with Gasteiger partial charge in [0, 0.05) is 0 Å². The molecule has 2 aromatic rings. The van der Waals surface area contributed by atoms with E-state index in [0.717, 1.165) is 28.2 Å². The summed E-state index contributed by atoms with van der Waals surface area (Å²) in [5.41, 5.74) is 1.99. The summed E-state index contributed by atoms with van der Waals surface area (Å²) >= 11 is 1.71. The largest absolute Gasteiger partial charge is 0.476 e. The molecule has 17 heavy (non-hydrogen) atoms. The predicted octanol–water partition coefficient (Wildman–Crippen LogP) is 0.494. The number of thiazole rings is 1. The number of carbonyl (C=O) groups is 1. The standard InChI is InChI=1S/C6H4N4O4S3/c11-4(12)3-5(15-1-7-3)17(13,14)10-6-9-8-2-16-6/h1-2H,(H,9,10)(H,11,12). The van der Waals surface area contributed by atoms with Crippen LogP contribution in [0.1, 0.15) is 10.5 Å². The van der Waals surface area contributed by atoms with Crippen molar-refractivity contribution in [3.05, 3.63) is 16.7 Å². The van der Waals surface area contributed by atoms with Crippen molar-refractivity contribution in [2.24, 2.45) is 0 Å². The molecule has 8 nitrogen and oxygen atoms in total. The molecule has 0 aliphatic rings. The van der Waals surface area contributed by atoms with E-state index in [2.05, 4.69) is 19.9 Å². The van der Waals surface area contributed by atoms with Gasteiger partial charge in [0.2, 0.25) is 5.13 Å². The highest BCUT2D eigenvalue weighted by Gasteiger charge is 2.26. The Labute approximate surface area is 103 Å². The maximum Gasteiger partial charge on any atom is 0.356 e. The van der Waals surface area contributed by atoms with Crippen LogP contribution in [-0.2, 0) is 10.0 Å². The average Bonchev–Trinajstić information content (AvgIpc) is 2.84. The number of nitrogens with one attached hydrogen (secondary N) is 1. The zero-order valence-corrected chi connectivity index (χ0v) is 10.3. The lowest BCUT2D eigenvalue weighted by atomic mass is 10.5. The Kier molecular flexibility index (Phi) is 3.04. The van der Waals surface area contributed by atoms with Crippen LogP contribution in [0, 0.1) is 0 Å². The number of anilines is 1. The molecule has 0 amide bonds. The summed E-state index contributed by atoms with van der Waals surface area (Å²) in [6.45, 7) is 0. The molecule has 0 bridgehead atoms. The molecule has 0 spiro atoms. The van der Waals surface area contributed by atoms with Crippen molar-refractivity contribution in [3.8, 4) is 0 Å². The normalized spacial score (nSPS) is 11.3. The number of rotatable bonds is 4. The van der Waals surface area contributed by atoms with Crippen molar-refractivity contribution in [2.45, 2.75) is 4.21 Å². The Morgan fingerprint density at radius 3 is 2.71 bits per heavy atom. The minimum absolute atomic E-state index is 0.0646. The SMILES string of the molecule is O=C(O)c1ncsc1S(=O)(=O)Nc1nncs1. The summed E-state index contributed by atoms with van der Waals surface area (Å²) in [5.74, 6) is -1.40. The molecule has 0 aliphatic heterocycles. The van der Waals surface area contributed by atoms with Crippen LogP contribution in [0.25, 0.3) is 0 Å². The Bertz CT molecular complexity index is 632. The van der Waals surface area contributed by atoms with Gasteiger partial charge in [-0.3, -0.25) is 4.72 Å². The Morgan fingerprint density at radius 1 is 1.35 bits per heavy atom. The number of hydrogen-bond acceptors (Lipinski definition) is 8. The maximum atomic E-state index is 11.8. The molecule has 0 radical (unpaired) electrons. The molecule has 2 rings (SSSR count). The maximum absolute atomic E-state index is 11.8. The van der Waals surface area contributed by atoms with E-state index in [1.807, 2.05) is 0 Å². The van der Waals surface area contributed by atoms with Crippen LogP contribution in [0.15, 0.2) is 15.2 Å². The van der Waals surface area contributed by atoms with E-state index in [9.17, 15) is 13.2 Å². The van der Waals surface area contributed by atoms with Crippen molar-refractivity contribution >= 4 is 43.8 Å². The van der Waals surface area contributed by atoms with Crippen LogP contribution in [0.4, 0.5) is 5.13 Å². The van der Waals surface area contributed by atoms with Gasteiger partial charge in [0.1, 0.15) is 5.51 Å². The van der Waals surface area contributed by atoms with Gasteiger partial charge in [-0.25, -0.2) is 18.2 Å². The number of sulfonamides is 1. The summed E-state index contributed by atoms with van der Waals surface area (Å²) < 4.78 is 25.4. The van der Waals surface area contributed by atoms with E-state index in [1.165, 1.54) is 5.51 Å². The van der Waals surface area contributed by atoms with Crippen molar-refractivity contribution < 1.29 is 18.3 Å². The molecule has 2 heterocycles. The Hall–Kier alpha value is -1.59. The summed E-state index contributed by atoms with van der Waals surface area (Å²) in [6, 6.07) is 0. The first kappa shape index (κ1) is 11.9. The minimum atomic E-state index is -3.98. The molecular weight excluding hydrogens is 288 g/mol. The minimum Gasteiger partial charge on any atom is -0.476 e. The van der Waals surface area contributed by atoms with Gasteiger partial charge >= 0.3 is 5.97 Å².